The molecule has 0 atom stereocenters. The van der Waals surface area contributed by atoms with Gasteiger partial charge in [-0.1, -0.05) is 11.6 Å². The quantitative estimate of drug-likeness (QED) is 0.0923. The monoisotopic (exact) mass is 1420 g/mol. The van der Waals surface area contributed by atoms with E-state index in [1.165, 1.54) is 11.8 Å². The zero-order chi connectivity index (χ0) is 38.5. The molecule has 19 heteroatoms. The smallest absolute Gasteiger partial charge is 0.0642 e. The van der Waals surface area contributed by atoms with Gasteiger partial charge < -0.3 is 40.5 Å². The van der Waals surface area contributed by atoms with Gasteiger partial charge in [-0.2, -0.15) is 0 Å². The Balaban J connectivity index is 0.000000399. The molecule has 2 aromatic heterocycles. The number of benzene rings is 2. The van der Waals surface area contributed by atoms with Crippen LogP contribution in [-0.4, -0.2) is 84.7 Å². The first kappa shape index (κ1) is 50.5. The summed E-state index contributed by atoms with van der Waals surface area (Å²) in [6, 6.07) is 22.2. The Morgan fingerprint density at radius 2 is 1.13 bits per heavy atom. The molecule has 6 rings (SSSR count). The van der Waals surface area contributed by atoms with Crippen LogP contribution in [0.3, 0.4) is 0 Å². The molecular weight excluding hydrogens is 1390 g/mol. The summed E-state index contributed by atoms with van der Waals surface area (Å²) in [6.07, 6.45) is 0. The number of halogens is 7. The van der Waals surface area contributed by atoms with Crippen molar-refractivity contribution in [2.45, 2.75) is 13.8 Å². The number of nitrogens with one attached hydrogen (secondary N) is 1. The van der Waals surface area contributed by atoms with Crippen LogP contribution >= 0.6 is 110 Å². The van der Waals surface area contributed by atoms with Crippen LogP contribution in [0.1, 0.15) is 32.1 Å². The minimum Gasteiger partial charge on any atom is -0.399 e. The first-order valence-corrected chi connectivity index (χ1v) is 34.7. The standard InChI is InChI=1S/C17H19N3O3.C10H14N2O.C7H6ClNO2.I3.I2.HI/c1-12-2-7-15(17(21)22)16(18-12)19-13-3-5-14(6-4-13)20-8-10-23-11-9-20;11-9-1-3-10(4-2-9)12-5-7-13-8-6-12;1-4-2-3-5(7(10)11)6(8)9-4;1-3-2;1-2;/h2-7H,8-11H2,1H3,(H,18,19)(H,21,22);1-4H,5-8,11H2;2-3H,1H3,(H,10,11);;;1H/q;;;-1;;. The molecule has 53 heavy (non-hydrogen) atoms. The first-order chi connectivity index (χ1) is 25.0. The normalized spacial score (nSPS) is 13.1. The Hall–Kier alpha value is -0.530. The van der Waals surface area contributed by atoms with E-state index in [0.717, 1.165) is 75.4 Å². The number of nitrogens with zero attached hydrogens (tertiary/aromatic N) is 4. The number of rotatable bonds is 6. The van der Waals surface area contributed by atoms with Crippen molar-refractivity contribution in [3.63, 3.8) is 0 Å². The Morgan fingerprint density at radius 1 is 0.736 bits per heavy atom. The molecule has 2 aromatic carbocycles. The van der Waals surface area contributed by atoms with Crippen LogP contribution in [0.2, 0.25) is 5.15 Å². The van der Waals surface area contributed by atoms with Crippen LogP contribution in [0.4, 0.5) is 28.6 Å². The maximum atomic E-state index is 11.3. The molecular formula is C34H40ClI6N6O6-. The van der Waals surface area contributed by atoms with Gasteiger partial charge in [0.1, 0.15) is 16.5 Å². The fourth-order valence-electron chi connectivity index (χ4n) is 4.73. The van der Waals surface area contributed by atoms with E-state index in [0.29, 0.717) is 24.8 Å². The summed E-state index contributed by atoms with van der Waals surface area (Å²) < 4.78 is 10.6. The molecule has 0 amide bonds. The van der Waals surface area contributed by atoms with E-state index in [9.17, 15) is 14.7 Å². The molecule has 4 aromatic rings. The van der Waals surface area contributed by atoms with E-state index in [-0.39, 0.29) is 40.3 Å². The second-order valence-corrected chi connectivity index (χ2v) is 27.4. The van der Waals surface area contributed by atoms with Gasteiger partial charge in [-0.3, -0.25) is 0 Å². The van der Waals surface area contributed by atoms with Gasteiger partial charge >= 0.3 is 62.4 Å². The number of nitrogens with two attached hydrogens (primary N) is 1. The number of aromatic nitrogens is 2. The Morgan fingerprint density at radius 3 is 1.55 bits per heavy atom. The summed E-state index contributed by atoms with van der Waals surface area (Å²) in [6.45, 7) is 10.4. The van der Waals surface area contributed by atoms with Gasteiger partial charge in [0.25, 0.3) is 0 Å². The fraction of sp³-hybridized carbons (Fsp3) is 0.294. The molecule has 0 bridgehead atoms. The van der Waals surface area contributed by atoms with Gasteiger partial charge in [0, 0.05) is 97.5 Å². The average molecular weight is 1430 g/mol. The topological polar surface area (TPSA) is 163 Å². The number of anilines is 5. The third-order valence-electron chi connectivity index (χ3n) is 7.26. The third-order valence-corrected chi connectivity index (χ3v) is 7.55. The molecule has 2 saturated heterocycles. The van der Waals surface area contributed by atoms with Crippen LogP contribution in [-0.2, 0) is 9.47 Å². The van der Waals surface area contributed by atoms with Gasteiger partial charge in [0.05, 0.1) is 32.0 Å². The van der Waals surface area contributed by atoms with Gasteiger partial charge in [-0.05, 0) is 86.6 Å². The van der Waals surface area contributed by atoms with Gasteiger partial charge in [-0.25, -0.2) is 19.6 Å². The summed E-state index contributed by atoms with van der Waals surface area (Å²) in [5.74, 6) is -1.69. The summed E-state index contributed by atoms with van der Waals surface area (Å²) in [4.78, 5) is 34.3. The minimum absolute atomic E-state index is 0. The number of aromatic carboxylic acids is 2. The number of carboxylic acids is 2. The van der Waals surface area contributed by atoms with Crippen LogP contribution in [0.5, 0.6) is 0 Å². The largest absolute Gasteiger partial charge is 0.399 e. The Kier molecular flexibility index (Phi) is 27.4. The van der Waals surface area contributed by atoms with Crippen molar-refractivity contribution in [1.82, 2.24) is 9.97 Å². The Labute approximate surface area is 385 Å². The predicted octanol–water partition coefficient (Wildman–Crippen LogP) is 6.68. The Bertz CT molecular complexity index is 1670. The van der Waals surface area contributed by atoms with Crippen molar-refractivity contribution in [1.29, 1.82) is 0 Å². The van der Waals surface area contributed by atoms with Crippen molar-refractivity contribution >= 4 is 151 Å². The second-order valence-electron chi connectivity index (χ2n) is 10.8. The number of hydrogen-bond acceptors (Lipinski definition) is 10. The molecule has 0 spiro atoms. The number of carbonyl (C=O) groups is 2. The van der Waals surface area contributed by atoms with Crippen LogP contribution in [0.25, 0.3) is 0 Å². The van der Waals surface area contributed by atoms with E-state index in [1.807, 2.05) is 43.3 Å². The molecule has 4 heterocycles. The van der Waals surface area contributed by atoms with Crippen molar-refractivity contribution in [3.8, 4) is 0 Å². The van der Waals surface area contributed by atoms with Crippen molar-refractivity contribution < 1.29 is 42.5 Å². The SMILES string of the molecule is Cc1ccc(C(=O)O)c(Cl)n1.Cc1ccc(C(=O)O)c(Nc2ccc(N3CCOCC3)cc2)n1.I.II.I[I-]I.Nc1ccc(N2CCOCC2)cc1. The maximum Gasteiger partial charge on any atom is 0.0642 e. The van der Waals surface area contributed by atoms with Crippen molar-refractivity contribution in [2.24, 2.45) is 0 Å². The molecule has 5 N–H and O–H groups in total. The molecule has 0 saturated carbocycles. The van der Waals surface area contributed by atoms with Gasteiger partial charge in [0.15, 0.2) is 0 Å². The van der Waals surface area contributed by atoms with Crippen LogP contribution in [0, 0.1) is 13.8 Å². The second kappa shape index (κ2) is 28.8. The molecule has 0 radical (unpaired) electrons. The number of morpholine rings is 2. The van der Waals surface area contributed by atoms with Crippen LogP contribution in [0.15, 0.2) is 72.8 Å². The molecule has 2 aliphatic heterocycles. The predicted molar refractivity (Wildman–Crippen MR) is 255 cm³/mol. The van der Waals surface area contributed by atoms with E-state index in [1.54, 1.807) is 25.1 Å². The van der Waals surface area contributed by atoms with E-state index in [4.69, 9.17) is 31.9 Å². The molecule has 2 aliphatic rings. The molecule has 292 valence electrons. The number of nitrogen functional groups attached to an aromatic ring is 1. The van der Waals surface area contributed by atoms with E-state index >= 15 is 0 Å². The first-order valence-electron chi connectivity index (χ1n) is 15.5. The number of hydrogen-bond donors (Lipinski definition) is 4. The number of ether oxygens (including phenoxy) is 2. The van der Waals surface area contributed by atoms with E-state index < -0.39 is 11.9 Å². The summed E-state index contributed by atoms with van der Waals surface area (Å²) in [5, 5.41) is 20.9. The number of pyridine rings is 2. The summed E-state index contributed by atoms with van der Waals surface area (Å²) >= 11 is 15.1. The van der Waals surface area contributed by atoms with Gasteiger partial charge in [0.2, 0.25) is 0 Å². The summed E-state index contributed by atoms with van der Waals surface area (Å²) in [7, 11) is 0. The number of aryl methyl sites for hydroxylation is 2. The zero-order valence-electron chi connectivity index (χ0n) is 28.7. The summed E-state index contributed by atoms with van der Waals surface area (Å²) in [5.41, 5.74) is 11.3. The number of carboxylic acid groups (broad SMARTS) is 2. The molecule has 12 nitrogen and oxygen atoms in total. The van der Waals surface area contributed by atoms with Gasteiger partial charge in [-0.15, -0.1) is 24.0 Å². The average Bonchev–Trinajstić information content (AvgIpc) is 3.14. The van der Waals surface area contributed by atoms with Crippen molar-refractivity contribution in [2.75, 3.05) is 73.5 Å². The van der Waals surface area contributed by atoms with E-state index in [2.05, 4.69) is 112 Å². The zero-order valence-corrected chi connectivity index (χ0v) is 42.5. The molecule has 0 unspecified atom stereocenters. The van der Waals surface area contributed by atoms with Crippen LogP contribution < -0.4 is 34.1 Å². The molecule has 2 fully saturated rings. The molecule has 0 aliphatic carbocycles. The van der Waals surface area contributed by atoms with Crippen molar-refractivity contribution in [3.05, 3.63) is 100 Å². The third kappa shape index (κ3) is 19.0. The fourth-order valence-corrected chi connectivity index (χ4v) is 5.01. The minimum atomic E-state index is -1.05. The maximum absolute atomic E-state index is 11.3.